The molecule has 0 bridgehead atoms. The molecular weight excluding hydrogens is 402 g/mol. The van der Waals surface area contributed by atoms with Gasteiger partial charge in [-0.15, -0.1) is 0 Å². The topological polar surface area (TPSA) is 82.0 Å². The van der Waals surface area contributed by atoms with Crippen LogP contribution in [0, 0.1) is 0 Å². The third-order valence-electron chi connectivity index (χ3n) is 6.90. The van der Waals surface area contributed by atoms with Crippen LogP contribution in [0.1, 0.15) is 43.7 Å². The Morgan fingerprint density at radius 3 is 2.44 bits per heavy atom. The zero-order chi connectivity index (χ0) is 22.3. The second-order valence-corrected chi connectivity index (χ2v) is 8.72. The van der Waals surface area contributed by atoms with Gasteiger partial charge in [0.2, 0.25) is 5.91 Å². The fraction of sp³-hybridized carbons (Fsp3) is 0.346. The van der Waals surface area contributed by atoms with E-state index in [0.29, 0.717) is 30.6 Å². The number of nitrogens with one attached hydrogen (secondary N) is 1. The van der Waals surface area contributed by atoms with Gasteiger partial charge in [-0.1, -0.05) is 48.5 Å². The number of likely N-dealkylation sites (tertiary alicyclic amines) is 1. The first-order valence-electron chi connectivity index (χ1n) is 11.2. The van der Waals surface area contributed by atoms with E-state index in [4.69, 9.17) is 0 Å². The summed E-state index contributed by atoms with van der Waals surface area (Å²) in [6.07, 6.45) is 4.98. The summed E-state index contributed by atoms with van der Waals surface area (Å²) in [4.78, 5) is 32.8. The first-order valence-corrected chi connectivity index (χ1v) is 11.2. The molecule has 0 saturated carbocycles. The van der Waals surface area contributed by atoms with Crippen LogP contribution < -0.4 is 5.32 Å². The van der Waals surface area contributed by atoms with Crippen molar-refractivity contribution in [1.29, 1.82) is 0 Å². The number of aliphatic imine (C=N–C) groups is 1. The molecule has 1 aliphatic carbocycles. The highest BCUT2D eigenvalue weighted by atomic mass is 16.3. The molecule has 3 aliphatic rings. The number of benzene rings is 2. The van der Waals surface area contributed by atoms with E-state index >= 15 is 0 Å². The summed E-state index contributed by atoms with van der Waals surface area (Å²) in [7, 11) is 0. The average Bonchev–Trinajstić information content (AvgIpc) is 3.41. The molecule has 1 saturated heterocycles. The van der Waals surface area contributed by atoms with Gasteiger partial charge in [-0.25, -0.2) is 0 Å². The van der Waals surface area contributed by atoms with Crippen molar-refractivity contribution in [2.24, 2.45) is 4.99 Å². The first kappa shape index (κ1) is 20.6. The molecule has 2 heterocycles. The quantitative estimate of drug-likeness (QED) is 0.783. The van der Waals surface area contributed by atoms with E-state index in [2.05, 4.69) is 10.3 Å². The van der Waals surface area contributed by atoms with Crippen LogP contribution in [0.5, 0.6) is 0 Å². The number of carbonyl (C=O) groups is 2. The molecule has 1 atom stereocenters. The number of amides is 2. The van der Waals surface area contributed by atoms with Gasteiger partial charge in [0.15, 0.2) is 5.60 Å². The number of carbonyl (C=O) groups excluding carboxylic acids is 2. The molecule has 164 valence electrons. The molecule has 2 N–H and O–H groups in total. The minimum atomic E-state index is -1.78. The summed E-state index contributed by atoms with van der Waals surface area (Å²) in [5, 5.41) is 14.9. The van der Waals surface area contributed by atoms with Crippen molar-refractivity contribution >= 4 is 18.0 Å². The summed E-state index contributed by atoms with van der Waals surface area (Å²) < 4.78 is 0. The lowest BCUT2D eigenvalue weighted by atomic mass is 9.89. The van der Waals surface area contributed by atoms with E-state index in [9.17, 15) is 14.7 Å². The summed E-state index contributed by atoms with van der Waals surface area (Å²) in [6.45, 7) is 2.85. The Morgan fingerprint density at radius 1 is 1.12 bits per heavy atom. The van der Waals surface area contributed by atoms with Gasteiger partial charge in [-0.3, -0.25) is 14.6 Å². The number of aliphatic hydroxyl groups is 1. The predicted octanol–water partition coefficient (Wildman–Crippen LogP) is 3.15. The molecule has 0 aromatic heterocycles. The van der Waals surface area contributed by atoms with Crippen LogP contribution in [0.15, 0.2) is 64.8 Å². The van der Waals surface area contributed by atoms with E-state index in [1.165, 1.54) is 0 Å². The molecule has 6 heteroatoms. The van der Waals surface area contributed by atoms with Crippen LogP contribution in [0.25, 0.3) is 11.1 Å². The molecular formula is C26H27N3O3. The average molecular weight is 430 g/mol. The highest BCUT2D eigenvalue weighted by Gasteiger charge is 2.52. The van der Waals surface area contributed by atoms with Crippen molar-refractivity contribution in [3.8, 4) is 11.1 Å². The Balaban J connectivity index is 1.41. The Hall–Kier alpha value is -3.25. The van der Waals surface area contributed by atoms with Crippen molar-refractivity contribution < 1.29 is 14.7 Å². The monoisotopic (exact) mass is 429 g/mol. The summed E-state index contributed by atoms with van der Waals surface area (Å²) >= 11 is 0. The van der Waals surface area contributed by atoms with E-state index in [-0.39, 0.29) is 5.91 Å². The standard InChI is InChI=1S/C26H27N3O3/c1-17-18(8-6-14-27-17)16-28-24(30)23-13-7-15-29(23)25(31)26(32)21-11-4-2-9-19(21)20-10-3-5-12-22(20)26/h2-5,9-12,14,23,32H,6-8,13,15-16H2,1H3,(H,28,30). The summed E-state index contributed by atoms with van der Waals surface area (Å²) in [5.41, 5.74) is 3.17. The van der Waals surface area contributed by atoms with Crippen molar-refractivity contribution in [2.75, 3.05) is 13.1 Å². The molecule has 5 rings (SSSR count). The van der Waals surface area contributed by atoms with Gasteiger partial charge in [-0.05, 0) is 49.3 Å². The van der Waals surface area contributed by atoms with E-state index < -0.39 is 17.6 Å². The lowest BCUT2D eigenvalue weighted by Gasteiger charge is -2.33. The third-order valence-corrected chi connectivity index (χ3v) is 6.90. The number of fused-ring (bicyclic) bond motifs is 3. The lowest BCUT2D eigenvalue weighted by Crippen LogP contribution is -2.53. The minimum Gasteiger partial charge on any atom is -0.372 e. The van der Waals surface area contributed by atoms with Crippen LogP contribution in [0.2, 0.25) is 0 Å². The maximum Gasteiger partial charge on any atom is 0.264 e. The van der Waals surface area contributed by atoms with Crippen molar-refractivity contribution in [1.82, 2.24) is 10.2 Å². The fourth-order valence-corrected chi connectivity index (χ4v) is 5.17. The van der Waals surface area contributed by atoms with Crippen molar-refractivity contribution in [3.63, 3.8) is 0 Å². The largest absolute Gasteiger partial charge is 0.372 e. The Kier molecular flexibility index (Phi) is 5.18. The molecule has 6 nitrogen and oxygen atoms in total. The zero-order valence-corrected chi connectivity index (χ0v) is 18.2. The Bertz CT molecular complexity index is 1110. The number of nitrogens with zero attached hydrogens (tertiary/aromatic N) is 2. The second-order valence-electron chi connectivity index (χ2n) is 8.72. The van der Waals surface area contributed by atoms with Crippen LogP contribution in [0.4, 0.5) is 0 Å². The number of rotatable bonds is 4. The predicted molar refractivity (Wildman–Crippen MR) is 123 cm³/mol. The maximum absolute atomic E-state index is 13.8. The van der Waals surface area contributed by atoms with Gasteiger partial charge in [0, 0.05) is 36.1 Å². The molecule has 2 amide bonds. The third kappa shape index (κ3) is 3.17. The summed E-state index contributed by atoms with van der Waals surface area (Å²) in [6, 6.07) is 14.4. The van der Waals surface area contributed by atoms with Crippen molar-refractivity contribution in [2.45, 2.75) is 44.2 Å². The zero-order valence-electron chi connectivity index (χ0n) is 18.2. The van der Waals surface area contributed by atoms with Gasteiger partial charge >= 0.3 is 0 Å². The number of hydrogen-bond donors (Lipinski definition) is 2. The molecule has 2 aromatic carbocycles. The number of allylic oxidation sites excluding steroid dienone is 1. The van der Waals surface area contributed by atoms with Crippen LogP contribution in [-0.4, -0.2) is 47.2 Å². The van der Waals surface area contributed by atoms with E-state index in [1.54, 1.807) is 17.0 Å². The van der Waals surface area contributed by atoms with Gasteiger partial charge < -0.3 is 15.3 Å². The first-order chi connectivity index (χ1) is 15.5. The molecule has 0 spiro atoms. The van der Waals surface area contributed by atoms with Crippen LogP contribution in [0.3, 0.4) is 0 Å². The minimum absolute atomic E-state index is 0.172. The highest BCUT2D eigenvalue weighted by Crippen LogP contribution is 2.48. The van der Waals surface area contributed by atoms with Gasteiger partial charge in [0.1, 0.15) is 6.04 Å². The van der Waals surface area contributed by atoms with Crippen LogP contribution >= 0.6 is 0 Å². The lowest BCUT2D eigenvalue weighted by molar-refractivity contribution is -0.151. The second kappa shape index (κ2) is 8.02. The van der Waals surface area contributed by atoms with Crippen LogP contribution in [-0.2, 0) is 15.2 Å². The smallest absolute Gasteiger partial charge is 0.264 e. The number of hydrogen-bond acceptors (Lipinski definition) is 4. The highest BCUT2D eigenvalue weighted by molar-refractivity contribution is 6.00. The molecule has 2 aromatic rings. The van der Waals surface area contributed by atoms with Gasteiger partial charge in [-0.2, -0.15) is 0 Å². The Morgan fingerprint density at radius 2 is 1.78 bits per heavy atom. The van der Waals surface area contributed by atoms with Gasteiger partial charge in [0.25, 0.3) is 5.91 Å². The van der Waals surface area contributed by atoms with E-state index in [0.717, 1.165) is 41.7 Å². The molecule has 1 fully saturated rings. The fourth-order valence-electron chi connectivity index (χ4n) is 5.17. The molecule has 1 unspecified atom stereocenters. The molecule has 2 aliphatic heterocycles. The SMILES string of the molecule is CC1=C(CNC(=O)C2CCCN2C(=O)C2(O)c3ccccc3-c3ccccc32)CCC=N1. The Labute approximate surface area is 187 Å². The van der Waals surface area contributed by atoms with Crippen molar-refractivity contribution in [3.05, 3.63) is 70.9 Å². The summed E-state index contributed by atoms with van der Waals surface area (Å²) in [5.74, 6) is -0.598. The molecule has 0 radical (unpaired) electrons. The van der Waals surface area contributed by atoms with Gasteiger partial charge in [0.05, 0.1) is 0 Å². The normalized spacial score (nSPS) is 20.8. The maximum atomic E-state index is 13.8. The molecule has 32 heavy (non-hydrogen) atoms. The van der Waals surface area contributed by atoms with E-state index in [1.807, 2.05) is 49.5 Å².